The maximum Gasteiger partial charge on any atom is 0.0559 e. The van der Waals surface area contributed by atoms with Crippen LogP contribution in [0.5, 0.6) is 0 Å². The Morgan fingerprint density at radius 1 is 1.31 bits per heavy atom. The third-order valence-corrected chi connectivity index (χ3v) is 2.89. The molecule has 0 unspecified atom stereocenters. The molecule has 0 aromatic heterocycles. The van der Waals surface area contributed by atoms with Crippen molar-refractivity contribution >= 4 is 0 Å². The van der Waals surface area contributed by atoms with Gasteiger partial charge in [0.05, 0.1) is 6.61 Å². The molecule has 1 N–H and O–H groups in total. The molecule has 0 fully saturated rings. The topological polar surface area (TPSA) is 23.5 Å². The first kappa shape index (κ1) is 10.7. The van der Waals surface area contributed by atoms with E-state index in [1.54, 1.807) is 0 Å². The fraction of sp³-hybridized carbons (Fsp3) is 0.818. The Morgan fingerprint density at radius 2 is 1.92 bits per heavy atom. The molecule has 1 aliphatic rings. The summed E-state index contributed by atoms with van der Waals surface area (Å²) < 4.78 is 0. The molecular formula is C11H21NO. The van der Waals surface area contributed by atoms with E-state index < -0.39 is 0 Å². The van der Waals surface area contributed by atoms with Crippen LogP contribution < -0.4 is 0 Å². The van der Waals surface area contributed by atoms with Crippen LogP contribution in [0.2, 0.25) is 0 Å². The first-order valence-corrected chi connectivity index (χ1v) is 4.96. The Morgan fingerprint density at radius 3 is 2.38 bits per heavy atom. The molecule has 0 saturated heterocycles. The highest BCUT2D eigenvalue weighted by Crippen LogP contribution is 2.33. The van der Waals surface area contributed by atoms with Gasteiger partial charge in [0.25, 0.3) is 0 Å². The number of aliphatic hydroxyl groups excluding tert-OH is 1. The van der Waals surface area contributed by atoms with Crippen molar-refractivity contribution in [2.24, 2.45) is 0 Å². The lowest BCUT2D eigenvalue weighted by Gasteiger charge is -2.49. The predicted molar refractivity (Wildman–Crippen MR) is 55.7 cm³/mol. The zero-order chi connectivity index (χ0) is 10.1. The lowest BCUT2D eigenvalue weighted by Crippen LogP contribution is -2.57. The second-order valence-corrected chi connectivity index (χ2v) is 4.95. The third-order valence-electron chi connectivity index (χ3n) is 2.89. The van der Waals surface area contributed by atoms with Crippen molar-refractivity contribution in [1.29, 1.82) is 0 Å². The monoisotopic (exact) mass is 183 g/mol. The average molecular weight is 183 g/mol. The number of aliphatic hydroxyl groups is 1. The van der Waals surface area contributed by atoms with Gasteiger partial charge in [-0.15, -0.1) is 0 Å². The zero-order valence-electron chi connectivity index (χ0n) is 9.17. The summed E-state index contributed by atoms with van der Waals surface area (Å²) in [5.74, 6) is 0. The Balaban J connectivity index is 2.88. The smallest absolute Gasteiger partial charge is 0.0559 e. The Labute approximate surface area is 81.2 Å². The van der Waals surface area contributed by atoms with Crippen molar-refractivity contribution in [2.75, 3.05) is 13.2 Å². The van der Waals surface area contributed by atoms with E-state index in [0.29, 0.717) is 0 Å². The maximum absolute atomic E-state index is 9.02. The summed E-state index contributed by atoms with van der Waals surface area (Å²) in [5.41, 5.74) is 0.242. The maximum atomic E-state index is 9.02. The molecule has 0 aromatic carbocycles. The molecule has 0 atom stereocenters. The van der Waals surface area contributed by atoms with Crippen LogP contribution in [0.1, 0.15) is 34.1 Å². The third kappa shape index (κ3) is 2.12. The summed E-state index contributed by atoms with van der Waals surface area (Å²) in [6, 6.07) is 0. The largest absolute Gasteiger partial charge is 0.395 e. The number of hydrogen-bond donors (Lipinski definition) is 1. The van der Waals surface area contributed by atoms with Gasteiger partial charge >= 0.3 is 0 Å². The number of β-amino-alcohol motifs (C(OH)–C–C–N with tert-alkyl or cyclic N) is 1. The molecule has 0 bridgehead atoms. The first-order chi connectivity index (χ1) is 5.90. The molecule has 0 aromatic rings. The number of rotatable bonds is 2. The minimum atomic E-state index is 0.0739. The molecule has 76 valence electrons. The van der Waals surface area contributed by atoms with Crippen LogP contribution >= 0.6 is 0 Å². The SMILES string of the molecule is CC1(C)C=CCC(C)(C)N1CCO. The van der Waals surface area contributed by atoms with Crippen molar-refractivity contribution in [1.82, 2.24) is 4.90 Å². The molecule has 0 aliphatic carbocycles. The molecular weight excluding hydrogens is 162 g/mol. The molecule has 2 heteroatoms. The highest BCUT2D eigenvalue weighted by atomic mass is 16.3. The fourth-order valence-electron chi connectivity index (χ4n) is 2.31. The Hall–Kier alpha value is -0.340. The van der Waals surface area contributed by atoms with Gasteiger partial charge in [0, 0.05) is 17.6 Å². The summed E-state index contributed by atoms with van der Waals surface area (Å²) >= 11 is 0. The van der Waals surface area contributed by atoms with E-state index in [4.69, 9.17) is 5.11 Å². The lowest BCUT2D eigenvalue weighted by molar-refractivity contribution is 0.0200. The van der Waals surface area contributed by atoms with Gasteiger partial charge in [0.1, 0.15) is 0 Å². The second-order valence-electron chi connectivity index (χ2n) is 4.95. The van der Waals surface area contributed by atoms with Crippen LogP contribution in [-0.4, -0.2) is 34.2 Å². The molecule has 0 radical (unpaired) electrons. The van der Waals surface area contributed by atoms with Gasteiger partial charge in [-0.3, -0.25) is 4.90 Å². The molecule has 1 heterocycles. The van der Waals surface area contributed by atoms with E-state index in [0.717, 1.165) is 13.0 Å². The van der Waals surface area contributed by atoms with Crippen molar-refractivity contribution in [3.8, 4) is 0 Å². The second kappa shape index (κ2) is 3.43. The van der Waals surface area contributed by atoms with Crippen molar-refractivity contribution in [3.63, 3.8) is 0 Å². The van der Waals surface area contributed by atoms with Crippen LogP contribution in [-0.2, 0) is 0 Å². The van der Waals surface area contributed by atoms with Gasteiger partial charge in [0.15, 0.2) is 0 Å². The van der Waals surface area contributed by atoms with Gasteiger partial charge in [-0.1, -0.05) is 12.2 Å². The van der Waals surface area contributed by atoms with Crippen LogP contribution in [0.25, 0.3) is 0 Å². The van der Waals surface area contributed by atoms with Gasteiger partial charge < -0.3 is 5.11 Å². The van der Waals surface area contributed by atoms with Crippen molar-refractivity contribution < 1.29 is 5.11 Å². The minimum Gasteiger partial charge on any atom is -0.395 e. The highest BCUT2D eigenvalue weighted by molar-refractivity contribution is 5.12. The minimum absolute atomic E-state index is 0.0739. The van der Waals surface area contributed by atoms with Crippen LogP contribution in [0.4, 0.5) is 0 Å². The molecule has 2 nitrogen and oxygen atoms in total. The predicted octanol–water partition coefficient (Wildman–Crippen LogP) is 1.80. The summed E-state index contributed by atoms with van der Waals surface area (Å²) in [6.45, 7) is 9.84. The molecule has 1 aliphatic heterocycles. The van der Waals surface area contributed by atoms with Crippen molar-refractivity contribution in [2.45, 2.75) is 45.2 Å². The van der Waals surface area contributed by atoms with Crippen LogP contribution in [0, 0.1) is 0 Å². The van der Waals surface area contributed by atoms with Gasteiger partial charge in [0.2, 0.25) is 0 Å². The fourth-order valence-corrected chi connectivity index (χ4v) is 2.31. The van der Waals surface area contributed by atoms with E-state index >= 15 is 0 Å². The average Bonchev–Trinajstić information content (AvgIpc) is 1.96. The quantitative estimate of drug-likeness (QED) is 0.660. The zero-order valence-corrected chi connectivity index (χ0v) is 9.17. The Bertz CT molecular complexity index is 206. The first-order valence-electron chi connectivity index (χ1n) is 4.96. The summed E-state index contributed by atoms with van der Waals surface area (Å²) in [5, 5.41) is 9.02. The highest BCUT2D eigenvalue weighted by Gasteiger charge is 2.37. The normalized spacial score (nSPS) is 26.2. The number of nitrogens with zero attached hydrogens (tertiary/aromatic N) is 1. The number of hydrogen-bond acceptors (Lipinski definition) is 2. The van der Waals surface area contributed by atoms with Crippen LogP contribution in [0.15, 0.2) is 12.2 Å². The summed E-state index contributed by atoms with van der Waals surface area (Å²) in [7, 11) is 0. The van der Waals surface area contributed by atoms with Gasteiger partial charge in [-0.25, -0.2) is 0 Å². The van der Waals surface area contributed by atoms with E-state index in [2.05, 4.69) is 44.7 Å². The van der Waals surface area contributed by atoms with E-state index in [1.807, 2.05) is 0 Å². The standard InChI is InChI=1S/C11H21NO/c1-10(2)6-5-7-11(3,4)12(10)8-9-13/h5-6,13H,7-9H2,1-4H3. The Kier molecular flexibility index (Phi) is 2.83. The lowest BCUT2D eigenvalue weighted by atomic mass is 9.85. The summed E-state index contributed by atoms with van der Waals surface area (Å²) in [4.78, 5) is 2.36. The molecule has 0 saturated carbocycles. The van der Waals surface area contributed by atoms with Gasteiger partial charge in [-0.2, -0.15) is 0 Å². The molecule has 13 heavy (non-hydrogen) atoms. The summed E-state index contributed by atoms with van der Waals surface area (Å²) in [6.07, 6.45) is 5.54. The van der Waals surface area contributed by atoms with Crippen molar-refractivity contribution in [3.05, 3.63) is 12.2 Å². The molecule has 0 amide bonds. The van der Waals surface area contributed by atoms with Crippen LogP contribution in [0.3, 0.4) is 0 Å². The molecule has 1 rings (SSSR count). The van der Waals surface area contributed by atoms with E-state index in [9.17, 15) is 0 Å². The van der Waals surface area contributed by atoms with E-state index in [1.165, 1.54) is 0 Å². The molecule has 0 spiro atoms. The van der Waals surface area contributed by atoms with E-state index in [-0.39, 0.29) is 17.7 Å². The van der Waals surface area contributed by atoms with Gasteiger partial charge in [-0.05, 0) is 34.1 Å².